The quantitative estimate of drug-likeness (QED) is 0.377. The van der Waals surface area contributed by atoms with Crippen LogP contribution >= 0.6 is 11.6 Å². The molecule has 0 aliphatic rings. The second kappa shape index (κ2) is 7.47. The third-order valence-electron chi connectivity index (χ3n) is 5.63. The zero-order valence-corrected chi connectivity index (χ0v) is 18.1. The molecule has 1 atom stereocenters. The van der Waals surface area contributed by atoms with Crippen molar-refractivity contribution in [2.45, 2.75) is 19.4 Å². The predicted octanol–water partition coefficient (Wildman–Crippen LogP) is 4.46. The van der Waals surface area contributed by atoms with Gasteiger partial charge in [-0.3, -0.25) is 4.98 Å². The molecule has 0 radical (unpaired) electrons. The van der Waals surface area contributed by atoms with Gasteiger partial charge in [0.2, 0.25) is 0 Å². The molecule has 3 N–H and O–H groups in total. The van der Waals surface area contributed by atoms with E-state index in [1.807, 2.05) is 26.0 Å². The number of hydrogen-bond donors (Lipinski definition) is 3. The number of H-pyrrole nitrogens is 2. The summed E-state index contributed by atoms with van der Waals surface area (Å²) in [5.74, 6) is 0.638. The Kier molecular flexibility index (Phi) is 4.73. The van der Waals surface area contributed by atoms with Gasteiger partial charge in [-0.05, 0) is 61.4 Å². The van der Waals surface area contributed by atoms with Gasteiger partial charge in [-0.25, -0.2) is 4.79 Å². The normalized spacial score (nSPS) is 13.4. The van der Waals surface area contributed by atoms with E-state index in [1.54, 1.807) is 48.7 Å². The minimum Gasteiger partial charge on any atom is -0.374 e. The zero-order chi connectivity index (χ0) is 22.5. The Bertz CT molecular complexity index is 1470. The van der Waals surface area contributed by atoms with Gasteiger partial charge in [0, 0.05) is 22.3 Å². The molecular formula is C24H19ClN4O3. The van der Waals surface area contributed by atoms with E-state index >= 15 is 0 Å². The topological polar surface area (TPSA) is 108 Å². The molecule has 0 spiro atoms. The highest BCUT2D eigenvalue weighted by atomic mass is 35.5. The number of hydrogen-bond acceptors (Lipinski definition) is 5. The number of pyridine rings is 1. The van der Waals surface area contributed by atoms with Crippen LogP contribution in [0.4, 0.5) is 0 Å². The van der Waals surface area contributed by atoms with Gasteiger partial charge in [0.1, 0.15) is 5.76 Å². The van der Waals surface area contributed by atoms with Crippen molar-refractivity contribution < 1.29 is 9.63 Å². The van der Waals surface area contributed by atoms with Crippen LogP contribution in [0.3, 0.4) is 0 Å². The van der Waals surface area contributed by atoms with Crippen molar-refractivity contribution in [3.05, 3.63) is 105 Å². The maximum Gasteiger partial charge on any atom is 0.323 e. The molecule has 3 heterocycles. The SMILES string of the molecule is Cc1noc(C)c1-c1cc(C(O)(c2ccc(Cl)cc2)c2ccccn2)c2[nH]c(=O)[nH]c2c1. The third kappa shape index (κ3) is 3.14. The summed E-state index contributed by atoms with van der Waals surface area (Å²) in [7, 11) is 0. The molecular weight excluding hydrogens is 428 g/mol. The maximum atomic E-state index is 12.3. The van der Waals surface area contributed by atoms with Crippen LogP contribution in [0.25, 0.3) is 22.2 Å². The summed E-state index contributed by atoms with van der Waals surface area (Å²) in [6, 6.07) is 15.9. The molecule has 0 fully saturated rings. The number of rotatable bonds is 4. The summed E-state index contributed by atoms with van der Waals surface area (Å²) < 4.78 is 5.36. The van der Waals surface area contributed by atoms with Crippen molar-refractivity contribution in [2.24, 2.45) is 0 Å². The Labute approximate surface area is 187 Å². The number of nitrogens with one attached hydrogen (secondary N) is 2. The van der Waals surface area contributed by atoms with E-state index in [-0.39, 0.29) is 5.69 Å². The molecule has 0 aliphatic carbocycles. The summed E-state index contributed by atoms with van der Waals surface area (Å²) in [4.78, 5) is 22.3. The van der Waals surface area contributed by atoms with Crippen molar-refractivity contribution in [1.29, 1.82) is 0 Å². The molecule has 0 saturated heterocycles. The lowest BCUT2D eigenvalue weighted by molar-refractivity contribution is 0.122. The number of benzene rings is 2. The molecule has 0 aliphatic heterocycles. The molecule has 0 saturated carbocycles. The summed E-state index contributed by atoms with van der Waals surface area (Å²) in [6.07, 6.45) is 1.62. The minimum absolute atomic E-state index is 0.378. The lowest BCUT2D eigenvalue weighted by atomic mass is 9.81. The summed E-state index contributed by atoms with van der Waals surface area (Å²) >= 11 is 6.11. The van der Waals surface area contributed by atoms with Crippen LogP contribution in [-0.2, 0) is 5.60 Å². The van der Waals surface area contributed by atoms with Gasteiger partial charge < -0.3 is 19.6 Å². The number of aryl methyl sites for hydroxylation is 2. The summed E-state index contributed by atoms with van der Waals surface area (Å²) in [6.45, 7) is 3.67. The molecule has 160 valence electrons. The third-order valence-corrected chi connectivity index (χ3v) is 5.89. The summed E-state index contributed by atoms with van der Waals surface area (Å²) in [5.41, 5.74) is 2.65. The van der Waals surface area contributed by atoms with Gasteiger partial charge in [-0.15, -0.1) is 0 Å². The molecule has 5 aromatic rings. The fraction of sp³-hybridized carbons (Fsp3) is 0.125. The van der Waals surface area contributed by atoms with Gasteiger partial charge in [0.05, 0.1) is 22.4 Å². The Morgan fingerprint density at radius 3 is 2.50 bits per heavy atom. The molecule has 0 amide bonds. The number of fused-ring (bicyclic) bond motifs is 1. The maximum absolute atomic E-state index is 12.3. The van der Waals surface area contributed by atoms with Crippen LogP contribution in [-0.4, -0.2) is 25.2 Å². The monoisotopic (exact) mass is 446 g/mol. The van der Waals surface area contributed by atoms with Crippen molar-refractivity contribution >= 4 is 22.6 Å². The van der Waals surface area contributed by atoms with Crippen molar-refractivity contribution in [2.75, 3.05) is 0 Å². The van der Waals surface area contributed by atoms with Crippen LogP contribution in [0, 0.1) is 13.8 Å². The average molecular weight is 447 g/mol. The zero-order valence-electron chi connectivity index (χ0n) is 17.3. The van der Waals surface area contributed by atoms with Crippen LogP contribution in [0.1, 0.15) is 28.3 Å². The van der Waals surface area contributed by atoms with E-state index in [0.717, 1.165) is 11.1 Å². The summed E-state index contributed by atoms with van der Waals surface area (Å²) in [5, 5.41) is 16.9. The van der Waals surface area contributed by atoms with Crippen LogP contribution in [0.5, 0.6) is 0 Å². The largest absolute Gasteiger partial charge is 0.374 e. The van der Waals surface area contributed by atoms with Crippen molar-refractivity contribution in [3.8, 4) is 11.1 Å². The van der Waals surface area contributed by atoms with Gasteiger partial charge in [-0.1, -0.05) is 35.0 Å². The number of aromatic nitrogens is 4. The Morgan fingerprint density at radius 2 is 1.84 bits per heavy atom. The van der Waals surface area contributed by atoms with Gasteiger partial charge in [0.15, 0.2) is 5.60 Å². The number of halogens is 1. The first-order valence-corrected chi connectivity index (χ1v) is 10.4. The second-order valence-electron chi connectivity index (χ2n) is 7.66. The lowest BCUT2D eigenvalue weighted by Crippen LogP contribution is -2.30. The number of imidazole rings is 1. The minimum atomic E-state index is -1.68. The van der Waals surface area contributed by atoms with E-state index in [1.165, 1.54) is 0 Å². The fourth-order valence-electron chi connectivity index (χ4n) is 4.18. The molecule has 32 heavy (non-hydrogen) atoms. The van der Waals surface area contributed by atoms with E-state index in [0.29, 0.717) is 44.3 Å². The van der Waals surface area contributed by atoms with Crippen molar-refractivity contribution in [3.63, 3.8) is 0 Å². The van der Waals surface area contributed by atoms with E-state index < -0.39 is 5.60 Å². The van der Waals surface area contributed by atoms with Crippen molar-refractivity contribution in [1.82, 2.24) is 20.1 Å². The Hall–Kier alpha value is -3.68. The first kappa shape index (κ1) is 20.2. The van der Waals surface area contributed by atoms with E-state index in [2.05, 4.69) is 20.1 Å². The highest BCUT2D eigenvalue weighted by Crippen LogP contribution is 2.41. The van der Waals surface area contributed by atoms with E-state index in [4.69, 9.17) is 16.1 Å². The van der Waals surface area contributed by atoms with Gasteiger partial charge >= 0.3 is 5.69 Å². The van der Waals surface area contributed by atoms with Gasteiger partial charge in [0.25, 0.3) is 0 Å². The highest BCUT2D eigenvalue weighted by Gasteiger charge is 2.38. The molecule has 5 rings (SSSR count). The Morgan fingerprint density at radius 1 is 1.06 bits per heavy atom. The van der Waals surface area contributed by atoms with Crippen LogP contribution in [0.2, 0.25) is 5.02 Å². The molecule has 0 bridgehead atoms. The molecule has 7 nitrogen and oxygen atoms in total. The Balaban J connectivity index is 1.89. The lowest BCUT2D eigenvalue weighted by Gasteiger charge is -2.30. The predicted molar refractivity (Wildman–Crippen MR) is 122 cm³/mol. The molecule has 1 unspecified atom stereocenters. The van der Waals surface area contributed by atoms with Gasteiger partial charge in [-0.2, -0.15) is 0 Å². The number of aromatic amines is 2. The first-order valence-electron chi connectivity index (χ1n) is 9.97. The van der Waals surface area contributed by atoms with Crippen LogP contribution < -0.4 is 5.69 Å². The standard InChI is InChI=1S/C24H19ClN4O3/c1-13-21(14(2)32-29-13)15-11-18(22-19(12-15)27-23(30)28-22)24(31,20-5-3-4-10-26-20)16-6-8-17(25)9-7-16/h3-12,31H,1-2H3,(H2,27,28,30). The smallest absolute Gasteiger partial charge is 0.323 e. The molecule has 3 aromatic heterocycles. The molecule has 8 heteroatoms. The first-order chi connectivity index (χ1) is 15.4. The molecule has 2 aromatic carbocycles. The number of aliphatic hydroxyl groups is 1. The van der Waals surface area contributed by atoms with E-state index in [9.17, 15) is 9.90 Å². The average Bonchev–Trinajstić information content (AvgIpc) is 3.33. The highest BCUT2D eigenvalue weighted by molar-refractivity contribution is 6.30. The second-order valence-corrected chi connectivity index (χ2v) is 8.09. The fourth-order valence-corrected chi connectivity index (χ4v) is 4.30. The number of nitrogens with zero attached hydrogens (tertiary/aromatic N) is 2. The van der Waals surface area contributed by atoms with Crippen LogP contribution in [0.15, 0.2) is 70.1 Å².